The molecule has 1 aliphatic rings. The highest BCUT2D eigenvalue weighted by Gasteiger charge is 2.22. The third kappa shape index (κ3) is 6.11. The molecule has 8 heteroatoms. The van der Waals surface area contributed by atoms with Crippen LogP contribution >= 0.6 is 12.4 Å². The lowest BCUT2D eigenvalue weighted by Gasteiger charge is -2.24. The summed E-state index contributed by atoms with van der Waals surface area (Å²) in [6.45, 7) is 3.39. The number of rotatable bonds is 8. The summed E-state index contributed by atoms with van der Waals surface area (Å²) in [5, 5.41) is 20.4. The minimum absolute atomic E-state index is 0. The fourth-order valence-electron chi connectivity index (χ4n) is 3.31. The standard InChI is InChI=1S/C22H27N3O4.ClH/c1-2-14-11-16(13-19(12-14)29-18-7-9-28-10-8-18)20(22(26)27)25-17-5-3-15(4-6-17)21(23)24;/h3-6,11-13,18,20,25H,2,7-10H2,1H3,(H3,23,24)(H,26,27);1H. The third-order valence-corrected chi connectivity index (χ3v) is 4.96. The Kier molecular flexibility index (Phi) is 8.50. The summed E-state index contributed by atoms with van der Waals surface area (Å²) >= 11 is 0. The number of benzene rings is 2. The first-order valence-electron chi connectivity index (χ1n) is 9.78. The monoisotopic (exact) mass is 433 g/mol. The number of carboxylic acid groups (broad SMARTS) is 1. The highest BCUT2D eigenvalue weighted by molar-refractivity contribution is 5.95. The molecule has 30 heavy (non-hydrogen) atoms. The third-order valence-electron chi connectivity index (χ3n) is 4.96. The van der Waals surface area contributed by atoms with E-state index in [1.54, 1.807) is 30.3 Å². The van der Waals surface area contributed by atoms with Crippen LogP contribution in [0.2, 0.25) is 0 Å². The lowest BCUT2D eigenvalue weighted by atomic mass is 10.0. The summed E-state index contributed by atoms with van der Waals surface area (Å²) in [5.74, 6) is -0.325. The molecule has 3 rings (SSSR count). The molecule has 162 valence electrons. The number of halogens is 1. The normalized spacial score (nSPS) is 15.0. The number of carbonyl (C=O) groups is 1. The summed E-state index contributed by atoms with van der Waals surface area (Å²) < 4.78 is 11.5. The van der Waals surface area contributed by atoms with Gasteiger partial charge in [-0.3, -0.25) is 5.41 Å². The fourth-order valence-corrected chi connectivity index (χ4v) is 3.31. The number of nitrogens with two attached hydrogens (primary N) is 1. The van der Waals surface area contributed by atoms with E-state index in [-0.39, 0.29) is 24.3 Å². The number of hydrogen-bond donors (Lipinski definition) is 4. The first kappa shape index (κ1) is 23.5. The number of ether oxygens (including phenoxy) is 2. The summed E-state index contributed by atoms with van der Waals surface area (Å²) in [7, 11) is 0. The molecule has 1 fully saturated rings. The summed E-state index contributed by atoms with van der Waals surface area (Å²) in [6.07, 6.45) is 2.51. The van der Waals surface area contributed by atoms with Crippen molar-refractivity contribution in [1.82, 2.24) is 0 Å². The number of nitrogens with one attached hydrogen (secondary N) is 2. The first-order chi connectivity index (χ1) is 14.0. The molecule has 0 bridgehead atoms. The maximum absolute atomic E-state index is 12.0. The Morgan fingerprint density at radius 1 is 1.27 bits per heavy atom. The molecule has 1 heterocycles. The second kappa shape index (κ2) is 10.8. The first-order valence-corrected chi connectivity index (χ1v) is 9.78. The van der Waals surface area contributed by atoms with Crippen LogP contribution in [0.3, 0.4) is 0 Å². The van der Waals surface area contributed by atoms with Crippen molar-refractivity contribution < 1.29 is 19.4 Å². The van der Waals surface area contributed by atoms with Crippen molar-refractivity contribution in [1.29, 1.82) is 5.41 Å². The van der Waals surface area contributed by atoms with Crippen LogP contribution in [0.25, 0.3) is 0 Å². The topological polar surface area (TPSA) is 118 Å². The number of hydrogen-bond acceptors (Lipinski definition) is 5. The van der Waals surface area contributed by atoms with Gasteiger partial charge in [0.2, 0.25) is 0 Å². The van der Waals surface area contributed by atoms with E-state index in [4.69, 9.17) is 20.6 Å². The predicted octanol–water partition coefficient (Wildman–Crippen LogP) is 3.75. The molecule has 1 aliphatic heterocycles. The average molecular weight is 434 g/mol. The van der Waals surface area contributed by atoms with Crippen molar-refractivity contribution in [2.75, 3.05) is 18.5 Å². The van der Waals surface area contributed by atoms with Crippen LogP contribution in [0, 0.1) is 5.41 Å². The van der Waals surface area contributed by atoms with Crippen molar-refractivity contribution in [2.45, 2.75) is 38.3 Å². The zero-order chi connectivity index (χ0) is 20.8. The molecule has 1 unspecified atom stereocenters. The van der Waals surface area contributed by atoms with E-state index < -0.39 is 12.0 Å². The van der Waals surface area contributed by atoms with E-state index in [0.29, 0.717) is 35.8 Å². The smallest absolute Gasteiger partial charge is 0.330 e. The Balaban J connectivity index is 0.00000320. The summed E-state index contributed by atoms with van der Waals surface area (Å²) in [4.78, 5) is 12.0. The molecule has 0 saturated carbocycles. The lowest BCUT2D eigenvalue weighted by Crippen LogP contribution is -2.26. The highest BCUT2D eigenvalue weighted by Crippen LogP contribution is 2.28. The maximum atomic E-state index is 12.0. The maximum Gasteiger partial charge on any atom is 0.330 e. The Labute approximate surface area is 182 Å². The van der Waals surface area contributed by atoms with Gasteiger partial charge in [0.15, 0.2) is 6.04 Å². The Morgan fingerprint density at radius 2 is 1.93 bits per heavy atom. The zero-order valence-electron chi connectivity index (χ0n) is 16.9. The molecular formula is C22H28ClN3O4. The van der Waals surface area contributed by atoms with Gasteiger partial charge in [-0.05, 0) is 53.9 Å². The highest BCUT2D eigenvalue weighted by atomic mass is 35.5. The molecule has 0 radical (unpaired) electrons. The molecular weight excluding hydrogens is 406 g/mol. The molecule has 5 N–H and O–H groups in total. The van der Waals surface area contributed by atoms with Crippen molar-refractivity contribution in [3.05, 3.63) is 59.2 Å². The average Bonchev–Trinajstić information content (AvgIpc) is 2.72. The fraction of sp³-hybridized carbons (Fsp3) is 0.364. The van der Waals surface area contributed by atoms with Gasteiger partial charge >= 0.3 is 5.97 Å². The number of anilines is 1. The van der Waals surface area contributed by atoms with Crippen molar-refractivity contribution in [3.63, 3.8) is 0 Å². The quantitative estimate of drug-likeness (QED) is 0.372. The zero-order valence-corrected chi connectivity index (χ0v) is 17.7. The van der Waals surface area contributed by atoms with Crippen LogP contribution < -0.4 is 15.8 Å². The van der Waals surface area contributed by atoms with Gasteiger partial charge in [0.05, 0.1) is 13.2 Å². The van der Waals surface area contributed by atoms with Crippen LogP contribution in [0.15, 0.2) is 42.5 Å². The molecule has 2 aromatic rings. The van der Waals surface area contributed by atoms with Crippen LogP contribution in [-0.2, 0) is 16.0 Å². The van der Waals surface area contributed by atoms with Crippen molar-refractivity contribution in [2.24, 2.45) is 5.73 Å². The van der Waals surface area contributed by atoms with E-state index >= 15 is 0 Å². The van der Waals surface area contributed by atoms with E-state index in [2.05, 4.69) is 5.32 Å². The van der Waals surface area contributed by atoms with Gasteiger partial charge in [0.1, 0.15) is 17.7 Å². The largest absolute Gasteiger partial charge is 0.490 e. The van der Waals surface area contributed by atoms with Gasteiger partial charge in [-0.25, -0.2) is 4.79 Å². The number of aliphatic carboxylic acids is 1. The number of nitrogen functional groups attached to an aromatic ring is 1. The van der Waals surface area contributed by atoms with Crippen LogP contribution in [-0.4, -0.2) is 36.2 Å². The van der Waals surface area contributed by atoms with Gasteiger partial charge in [0.25, 0.3) is 0 Å². The van der Waals surface area contributed by atoms with E-state index in [0.717, 1.165) is 24.8 Å². The Hall–Kier alpha value is -2.77. The molecule has 0 aliphatic carbocycles. The van der Waals surface area contributed by atoms with Crippen LogP contribution in [0.5, 0.6) is 5.75 Å². The van der Waals surface area contributed by atoms with Crippen LogP contribution in [0.4, 0.5) is 5.69 Å². The second-order valence-corrected chi connectivity index (χ2v) is 7.10. The van der Waals surface area contributed by atoms with Gasteiger partial charge in [-0.1, -0.05) is 13.0 Å². The lowest BCUT2D eigenvalue weighted by molar-refractivity contribution is -0.138. The van der Waals surface area contributed by atoms with Gasteiger partial charge in [-0.2, -0.15) is 0 Å². The van der Waals surface area contributed by atoms with Gasteiger partial charge < -0.3 is 25.6 Å². The predicted molar refractivity (Wildman–Crippen MR) is 119 cm³/mol. The van der Waals surface area contributed by atoms with E-state index in [1.807, 2.05) is 19.1 Å². The minimum Gasteiger partial charge on any atom is -0.490 e. The Bertz CT molecular complexity index is 867. The van der Waals surface area contributed by atoms with E-state index in [1.165, 1.54) is 0 Å². The number of amidine groups is 1. The number of aryl methyl sites for hydroxylation is 1. The van der Waals surface area contributed by atoms with Crippen LogP contribution in [0.1, 0.15) is 42.5 Å². The molecule has 0 aromatic heterocycles. The number of carboxylic acids is 1. The summed E-state index contributed by atoms with van der Waals surface area (Å²) in [5.41, 5.74) is 8.35. The molecule has 7 nitrogen and oxygen atoms in total. The molecule has 2 aromatic carbocycles. The second-order valence-electron chi connectivity index (χ2n) is 7.10. The van der Waals surface area contributed by atoms with Crippen molar-refractivity contribution in [3.8, 4) is 5.75 Å². The SMILES string of the molecule is CCc1cc(OC2CCOCC2)cc(C(Nc2ccc(C(=N)N)cc2)C(=O)O)c1.Cl. The van der Waals surface area contributed by atoms with Gasteiger partial charge in [0, 0.05) is 24.1 Å². The van der Waals surface area contributed by atoms with Crippen molar-refractivity contribution >= 4 is 29.9 Å². The molecule has 0 spiro atoms. The molecule has 0 amide bonds. The van der Waals surface area contributed by atoms with Gasteiger partial charge in [-0.15, -0.1) is 12.4 Å². The summed E-state index contributed by atoms with van der Waals surface area (Å²) in [6, 6.07) is 11.5. The minimum atomic E-state index is -0.981. The molecule has 1 atom stereocenters. The molecule has 1 saturated heterocycles. The Morgan fingerprint density at radius 3 is 2.50 bits per heavy atom. The van der Waals surface area contributed by atoms with E-state index in [9.17, 15) is 9.90 Å².